The van der Waals surface area contributed by atoms with Crippen molar-refractivity contribution in [2.45, 2.75) is 25.4 Å². The molecule has 7 rings (SSSR count). The van der Waals surface area contributed by atoms with E-state index in [1.807, 2.05) is 43.3 Å². The van der Waals surface area contributed by atoms with Crippen molar-refractivity contribution in [1.82, 2.24) is 29.5 Å². The Morgan fingerprint density at radius 2 is 1.95 bits per heavy atom. The van der Waals surface area contributed by atoms with Crippen molar-refractivity contribution >= 4 is 34.1 Å². The lowest BCUT2D eigenvalue weighted by atomic mass is 9.95. The Bertz CT molecular complexity index is 1740. The van der Waals surface area contributed by atoms with Crippen molar-refractivity contribution < 1.29 is 14.2 Å². The van der Waals surface area contributed by atoms with Crippen molar-refractivity contribution in [3.05, 3.63) is 60.7 Å². The van der Waals surface area contributed by atoms with Crippen LogP contribution in [0.2, 0.25) is 0 Å². The minimum Gasteiger partial charge on any atom is -0.456 e. The van der Waals surface area contributed by atoms with E-state index < -0.39 is 0 Å². The summed E-state index contributed by atoms with van der Waals surface area (Å²) in [5.74, 6) is 2.01. The van der Waals surface area contributed by atoms with Gasteiger partial charge >= 0.3 is 0 Å². The van der Waals surface area contributed by atoms with Gasteiger partial charge in [-0.1, -0.05) is 0 Å². The summed E-state index contributed by atoms with van der Waals surface area (Å²) in [6.07, 6.45) is 4.87. The minimum absolute atomic E-state index is 0.255. The highest BCUT2D eigenvalue weighted by atomic mass is 16.5. The molecule has 0 atom stereocenters. The van der Waals surface area contributed by atoms with E-state index in [-0.39, 0.29) is 5.60 Å². The lowest BCUT2D eigenvalue weighted by molar-refractivity contribution is -0.0361. The molecule has 2 aliphatic heterocycles. The number of nitrogens with zero attached hydrogens (tertiary/aromatic N) is 7. The molecule has 3 aromatic heterocycles. The topological polar surface area (TPSA) is 147 Å². The number of hydrogen-bond donors (Lipinski definition) is 2. The number of benzene rings is 2. The highest BCUT2D eigenvalue weighted by Gasteiger charge is 2.39. The highest BCUT2D eigenvalue weighted by Crippen LogP contribution is 2.32. The molecule has 1 fully saturated rings. The normalized spacial score (nSPS) is 16.4. The molecule has 1 saturated heterocycles. The maximum Gasteiger partial charge on any atom is 0.289 e. The monoisotopic (exact) mass is 523 g/mol. The quantitative estimate of drug-likeness (QED) is 0.357. The summed E-state index contributed by atoms with van der Waals surface area (Å²) >= 11 is 0. The van der Waals surface area contributed by atoms with Crippen LogP contribution in [0.1, 0.15) is 18.4 Å². The number of nitrogens with one attached hydrogen (secondary N) is 1. The van der Waals surface area contributed by atoms with Gasteiger partial charge in [0.1, 0.15) is 29.8 Å². The molecule has 5 aromatic rings. The van der Waals surface area contributed by atoms with E-state index in [1.165, 1.54) is 0 Å². The molecule has 0 amide bonds. The molecular weight excluding hydrogens is 498 g/mol. The van der Waals surface area contributed by atoms with E-state index in [4.69, 9.17) is 24.9 Å². The number of anilines is 2. The fourth-order valence-corrected chi connectivity index (χ4v) is 4.82. The first-order valence-corrected chi connectivity index (χ1v) is 12.6. The van der Waals surface area contributed by atoms with Gasteiger partial charge in [-0.25, -0.2) is 19.9 Å². The van der Waals surface area contributed by atoms with Gasteiger partial charge in [0.05, 0.1) is 25.3 Å². The predicted molar refractivity (Wildman–Crippen MR) is 145 cm³/mol. The number of rotatable bonds is 4. The van der Waals surface area contributed by atoms with Crippen molar-refractivity contribution in [3.63, 3.8) is 0 Å². The second-order valence-corrected chi connectivity index (χ2v) is 9.71. The number of aryl methyl sites for hydroxylation is 1. The fraction of sp³-hybridized carbons (Fsp3) is 0.259. The smallest absolute Gasteiger partial charge is 0.289 e. The Morgan fingerprint density at radius 1 is 1.05 bits per heavy atom. The van der Waals surface area contributed by atoms with E-state index in [2.05, 4.69) is 30.5 Å². The third-order valence-corrected chi connectivity index (χ3v) is 7.01. The van der Waals surface area contributed by atoms with Gasteiger partial charge < -0.3 is 25.3 Å². The first-order valence-electron chi connectivity index (χ1n) is 12.6. The summed E-state index contributed by atoms with van der Waals surface area (Å²) in [6, 6.07) is 13.7. The Labute approximate surface area is 222 Å². The SMILES string of the molecule is Cc1cc(-c2nc(N)c3cc(NC4=NCC5(CCOCC5)O4)ccc3n2)ccc1Oc1cc2nncn2cn1. The van der Waals surface area contributed by atoms with Gasteiger partial charge in [0.25, 0.3) is 6.02 Å². The molecule has 12 nitrogen and oxygen atoms in total. The largest absolute Gasteiger partial charge is 0.456 e. The zero-order valence-corrected chi connectivity index (χ0v) is 21.2. The summed E-state index contributed by atoms with van der Waals surface area (Å²) in [5.41, 5.74) is 10.1. The average molecular weight is 524 g/mol. The zero-order valence-electron chi connectivity index (χ0n) is 21.2. The molecule has 2 aliphatic rings. The Hall–Kier alpha value is -4.84. The summed E-state index contributed by atoms with van der Waals surface area (Å²) < 4.78 is 19.3. The number of ether oxygens (including phenoxy) is 3. The molecule has 196 valence electrons. The molecule has 0 unspecified atom stereocenters. The number of nitrogens with two attached hydrogens (primary N) is 1. The van der Waals surface area contributed by atoms with Gasteiger partial charge in [-0.05, 0) is 48.9 Å². The van der Waals surface area contributed by atoms with Crippen LogP contribution in [-0.2, 0) is 9.47 Å². The average Bonchev–Trinajstić information content (AvgIpc) is 3.57. The van der Waals surface area contributed by atoms with Gasteiger partial charge in [-0.3, -0.25) is 4.40 Å². The van der Waals surface area contributed by atoms with E-state index in [0.29, 0.717) is 54.7 Å². The lowest BCUT2D eigenvalue weighted by Gasteiger charge is -2.31. The standard InChI is InChI=1S/C27H25N9O3/c1-16-10-17(2-5-21(16)38-23-12-22-35-31-15-36(22)14-30-23)25-33-20-4-3-18(11-19(20)24(28)34-25)32-26-29-13-27(39-26)6-8-37-9-7-27/h2-5,10-12,14-15H,6-9,13H2,1H3,(H,29,32)(H2,28,33,34). The van der Waals surface area contributed by atoms with Crippen LogP contribution in [0, 0.1) is 6.92 Å². The van der Waals surface area contributed by atoms with Crippen molar-refractivity contribution in [3.8, 4) is 23.0 Å². The number of nitrogen functional groups attached to an aromatic ring is 1. The number of hydrogen-bond acceptors (Lipinski definition) is 11. The maximum atomic E-state index is 6.39. The molecule has 3 N–H and O–H groups in total. The summed E-state index contributed by atoms with van der Waals surface area (Å²) in [5, 5.41) is 11.9. The summed E-state index contributed by atoms with van der Waals surface area (Å²) in [4.78, 5) is 18.2. The van der Waals surface area contributed by atoms with Crippen LogP contribution < -0.4 is 15.8 Å². The lowest BCUT2D eigenvalue weighted by Crippen LogP contribution is -2.40. The first-order chi connectivity index (χ1) is 19.0. The zero-order chi connectivity index (χ0) is 26.4. The molecule has 12 heteroatoms. The number of aromatic nitrogens is 6. The molecule has 1 spiro atoms. The van der Waals surface area contributed by atoms with Crippen LogP contribution in [0.3, 0.4) is 0 Å². The molecular formula is C27H25N9O3. The summed E-state index contributed by atoms with van der Waals surface area (Å²) in [6.45, 7) is 3.98. The minimum atomic E-state index is -0.255. The third kappa shape index (κ3) is 4.44. The summed E-state index contributed by atoms with van der Waals surface area (Å²) in [7, 11) is 0. The van der Waals surface area contributed by atoms with Crippen LogP contribution in [0.15, 0.2) is 60.1 Å². The molecule has 0 aliphatic carbocycles. The Kier molecular flexibility index (Phi) is 5.48. The van der Waals surface area contributed by atoms with Crippen LogP contribution in [-0.4, -0.2) is 60.9 Å². The second-order valence-electron chi connectivity index (χ2n) is 9.71. The molecule has 0 saturated carbocycles. The van der Waals surface area contributed by atoms with Crippen molar-refractivity contribution in [2.75, 3.05) is 30.8 Å². The van der Waals surface area contributed by atoms with E-state index in [0.717, 1.165) is 40.6 Å². The molecule has 39 heavy (non-hydrogen) atoms. The van der Waals surface area contributed by atoms with Crippen LogP contribution in [0.5, 0.6) is 11.6 Å². The van der Waals surface area contributed by atoms with Crippen LogP contribution >= 0.6 is 0 Å². The predicted octanol–water partition coefficient (Wildman–Crippen LogP) is 3.76. The Morgan fingerprint density at radius 3 is 2.82 bits per heavy atom. The van der Waals surface area contributed by atoms with E-state index >= 15 is 0 Å². The third-order valence-electron chi connectivity index (χ3n) is 7.01. The van der Waals surface area contributed by atoms with Gasteiger partial charge in [0.15, 0.2) is 11.5 Å². The number of fused-ring (bicyclic) bond motifs is 2. The Balaban J connectivity index is 1.10. The van der Waals surface area contributed by atoms with E-state index in [1.54, 1.807) is 23.1 Å². The second kappa shape index (κ2) is 9.17. The highest BCUT2D eigenvalue weighted by molar-refractivity contribution is 5.96. The van der Waals surface area contributed by atoms with Gasteiger partial charge in [0.2, 0.25) is 5.88 Å². The fourth-order valence-electron chi connectivity index (χ4n) is 4.82. The van der Waals surface area contributed by atoms with Crippen molar-refractivity contribution in [2.24, 2.45) is 4.99 Å². The molecule has 2 aromatic carbocycles. The maximum absolute atomic E-state index is 6.39. The van der Waals surface area contributed by atoms with Crippen LogP contribution in [0.25, 0.3) is 27.9 Å². The number of amidine groups is 1. The van der Waals surface area contributed by atoms with Crippen molar-refractivity contribution in [1.29, 1.82) is 0 Å². The van der Waals surface area contributed by atoms with Gasteiger partial charge in [0, 0.05) is 35.5 Å². The van der Waals surface area contributed by atoms with Crippen LogP contribution in [0.4, 0.5) is 11.5 Å². The number of aliphatic imine (C=N–C) groups is 1. The van der Waals surface area contributed by atoms with Gasteiger partial charge in [-0.15, -0.1) is 10.2 Å². The molecule has 0 radical (unpaired) electrons. The van der Waals surface area contributed by atoms with E-state index in [9.17, 15) is 0 Å². The molecule has 0 bridgehead atoms. The molecule has 5 heterocycles. The first kappa shape index (κ1) is 23.3. The van der Waals surface area contributed by atoms with Gasteiger partial charge in [-0.2, -0.15) is 0 Å².